The third-order valence-electron chi connectivity index (χ3n) is 6.46. The quantitative estimate of drug-likeness (QED) is 0.696. The molecular weight excluding hydrogens is 424 g/mol. The molecule has 1 aliphatic heterocycles. The van der Waals surface area contributed by atoms with E-state index < -0.39 is 18.5 Å². The molecule has 0 saturated heterocycles. The number of hydrogen-bond acceptors (Lipinski definition) is 6. The largest absolute Gasteiger partial charge is 0.493 e. The highest BCUT2D eigenvalue weighted by Gasteiger charge is 2.48. The molecule has 33 heavy (non-hydrogen) atoms. The van der Waals surface area contributed by atoms with Crippen LogP contribution >= 0.6 is 0 Å². The molecule has 7 nitrogen and oxygen atoms in total. The van der Waals surface area contributed by atoms with Crippen molar-refractivity contribution >= 4 is 17.5 Å². The van der Waals surface area contributed by atoms with E-state index in [9.17, 15) is 19.5 Å². The van der Waals surface area contributed by atoms with Gasteiger partial charge in [0.15, 0.2) is 29.7 Å². The van der Waals surface area contributed by atoms with Gasteiger partial charge in [-0.2, -0.15) is 0 Å². The summed E-state index contributed by atoms with van der Waals surface area (Å²) in [5.74, 6) is -0.195. The van der Waals surface area contributed by atoms with E-state index in [1.807, 2.05) is 27.7 Å². The van der Waals surface area contributed by atoms with Crippen molar-refractivity contribution in [2.75, 3.05) is 13.7 Å². The molecule has 0 bridgehead atoms. The van der Waals surface area contributed by atoms with Crippen LogP contribution in [0.3, 0.4) is 0 Å². The van der Waals surface area contributed by atoms with Crippen molar-refractivity contribution < 1.29 is 33.7 Å². The minimum atomic E-state index is -1.13. The summed E-state index contributed by atoms with van der Waals surface area (Å²) in [6, 6.07) is 5.19. The molecule has 0 saturated carbocycles. The second-order valence-electron chi connectivity index (χ2n) is 10.7. The van der Waals surface area contributed by atoms with Crippen molar-refractivity contribution in [2.24, 2.45) is 10.8 Å². The number of methoxy groups -OCH3 is 1. The summed E-state index contributed by atoms with van der Waals surface area (Å²) < 4.78 is 17.4. The number of allylic oxidation sites excluding steroid dienone is 4. The number of aliphatic carboxylic acids is 1. The van der Waals surface area contributed by atoms with Crippen LogP contribution in [-0.4, -0.2) is 36.4 Å². The van der Waals surface area contributed by atoms with Gasteiger partial charge in [0.1, 0.15) is 11.5 Å². The van der Waals surface area contributed by atoms with Crippen LogP contribution in [0.5, 0.6) is 11.5 Å². The number of carboxylic acid groups (broad SMARTS) is 1. The van der Waals surface area contributed by atoms with Crippen LogP contribution in [0.4, 0.5) is 0 Å². The van der Waals surface area contributed by atoms with Gasteiger partial charge < -0.3 is 19.3 Å². The smallest absolute Gasteiger partial charge is 0.341 e. The van der Waals surface area contributed by atoms with Crippen molar-refractivity contribution in [1.29, 1.82) is 0 Å². The first kappa shape index (κ1) is 23.1. The summed E-state index contributed by atoms with van der Waals surface area (Å²) in [5.41, 5.74) is 0.956. The molecular formula is C26H30O7. The van der Waals surface area contributed by atoms with Crippen molar-refractivity contribution in [3.63, 3.8) is 0 Å². The fraction of sp³-hybridized carbons (Fsp3) is 0.500. The number of carboxylic acids is 1. The zero-order chi connectivity index (χ0) is 24.1. The molecule has 0 aromatic heterocycles. The van der Waals surface area contributed by atoms with E-state index in [-0.39, 0.29) is 28.1 Å². The first-order valence-corrected chi connectivity index (χ1v) is 11.1. The molecule has 4 rings (SSSR count). The SMILES string of the molecule is COc1cccc(C2C3=C(CC(C)(C)CC3=O)OC3=C2C(=O)CC(C)(C)C3)c1OCC(=O)O. The molecule has 0 amide bonds. The predicted molar refractivity (Wildman–Crippen MR) is 120 cm³/mol. The van der Waals surface area contributed by atoms with Gasteiger partial charge in [0.2, 0.25) is 0 Å². The van der Waals surface area contributed by atoms with Gasteiger partial charge in [-0.25, -0.2) is 4.79 Å². The van der Waals surface area contributed by atoms with E-state index >= 15 is 0 Å². The number of carbonyl (C=O) groups is 3. The predicted octanol–water partition coefficient (Wildman–Crippen LogP) is 4.56. The van der Waals surface area contributed by atoms with Gasteiger partial charge in [0.05, 0.1) is 13.0 Å². The van der Waals surface area contributed by atoms with Crippen molar-refractivity contribution in [3.05, 3.63) is 46.4 Å². The minimum absolute atomic E-state index is 0.0672. The molecule has 2 aliphatic carbocycles. The minimum Gasteiger partial charge on any atom is -0.493 e. The van der Waals surface area contributed by atoms with Gasteiger partial charge in [-0.1, -0.05) is 39.8 Å². The maximum Gasteiger partial charge on any atom is 0.341 e. The number of ketones is 2. The molecule has 0 spiro atoms. The number of para-hydroxylation sites is 1. The highest BCUT2D eigenvalue weighted by atomic mass is 16.5. The summed E-state index contributed by atoms with van der Waals surface area (Å²) >= 11 is 0. The summed E-state index contributed by atoms with van der Waals surface area (Å²) in [5, 5.41) is 9.20. The van der Waals surface area contributed by atoms with Crippen LogP contribution in [-0.2, 0) is 19.1 Å². The normalized spacial score (nSPS) is 21.8. The van der Waals surface area contributed by atoms with Crippen molar-refractivity contribution in [2.45, 2.75) is 59.3 Å². The highest BCUT2D eigenvalue weighted by molar-refractivity contribution is 6.06. The van der Waals surface area contributed by atoms with Crippen LogP contribution < -0.4 is 9.47 Å². The number of hydrogen-bond donors (Lipinski definition) is 1. The van der Waals surface area contributed by atoms with Gasteiger partial charge in [-0.3, -0.25) is 9.59 Å². The summed E-state index contributed by atoms with van der Waals surface area (Å²) in [6.07, 6.45) is 1.82. The zero-order valence-corrected chi connectivity index (χ0v) is 19.7. The van der Waals surface area contributed by atoms with E-state index in [1.54, 1.807) is 18.2 Å². The molecule has 0 radical (unpaired) electrons. The molecule has 0 unspecified atom stereocenters. The van der Waals surface area contributed by atoms with E-state index in [0.717, 1.165) is 0 Å². The van der Waals surface area contributed by atoms with Gasteiger partial charge in [0.25, 0.3) is 0 Å². The second-order valence-corrected chi connectivity index (χ2v) is 10.7. The van der Waals surface area contributed by atoms with Crippen LogP contribution in [0.25, 0.3) is 0 Å². The number of Topliss-reactive ketones (excluding diaryl/α,β-unsaturated/α-hetero) is 2. The first-order valence-electron chi connectivity index (χ1n) is 11.1. The molecule has 176 valence electrons. The molecule has 7 heteroatoms. The standard InChI is InChI=1S/C26H30O7/c1-25(2)9-15(27)22-18(11-25)33-19-12-26(3,4)10-16(28)23(19)21(22)14-7-6-8-17(31-5)24(14)32-13-20(29)30/h6-8,21H,9-13H2,1-5H3,(H,29,30). The average Bonchev–Trinajstić information content (AvgIpc) is 2.68. The lowest BCUT2D eigenvalue weighted by Crippen LogP contribution is -2.37. The maximum atomic E-state index is 13.4. The van der Waals surface area contributed by atoms with Crippen LogP contribution in [0, 0.1) is 10.8 Å². The molecule has 1 heterocycles. The Hall–Kier alpha value is -3.09. The Morgan fingerprint density at radius 3 is 2.03 bits per heavy atom. The Balaban J connectivity index is 1.95. The van der Waals surface area contributed by atoms with Gasteiger partial charge >= 0.3 is 5.97 Å². The maximum absolute atomic E-state index is 13.4. The molecule has 1 N–H and O–H groups in total. The topological polar surface area (TPSA) is 99.1 Å². The monoisotopic (exact) mass is 454 g/mol. The molecule has 3 aliphatic rings. The molecule has 1 aromatic rings. The lowest BCUT2D eigenvalue weighted by molar-refractivity contribution is -0.139. The summed E-state index contributed by atoms with van der Waals surface area (Å²) in [4.78, 5) is 38.1. The van der Waals surface area contributed by atoms with Gasteiger partial charge in [-0.15, -0.1) is 0 Å². The number of rotatable bonds is 5. The third kappa shape index (κ3) is 4.28. The van der Waals surface area contributed by atoms with Crippen LogP contribution in [0.1, 0.15) is 64.9 Å². The highest BCUT2D eigenvalue weighted by Crippen LogP contribution is 2.55. The van der Waals surface area contributed by atoms with E-state index in [2.05, 4.69) is 0 Å². The van der Waals surface area contributed by atoms with Gasteiger partial charge in [0, 0.05) is 42.4 Å². The lowest BCUT2D eigenvalue weighted by Gasteiger charge is -2.43. The van der Waals surface area contributed by atoms with Gasteiger partial charge in [-0.05, 0) is 16.9 Å². The second kappa shape index (κ2) is 8.04. The Morgan fingerprint density at radius 2 is 1.55 bits per heavy atom. The Morgan fingerprint density at radius 1 is 1.00 bits per heavy atom. The Bertz CT molecular complexity index is 1050. The molecule has 0 fully saturated rings. The number of ether oxygens (including phenoxy) is 3. The first-order chi connectivity index (χ1) is 15.4. The number of benzene rings is 1. The molecule has 0 atom stereocenters. The van der Waals surface area contributed by atoms with E-state index in [1.165, 1.54) is 7.11 Å². The average molecular weight is 455 g/mol. The van der Waals surface area contributed by atoms with E-state index in [0.29, 0.717) is 59.7 Å². The zero-order valence-electron chi connectivity index (χ0n) is 19.7. The number of carbonyl (C=O) groups excluding carboxylic acids is 2. The Kier molecular flexibility index (Phi) is 5.63. The Labute approximate surface area is 193 Å². The fourth-order valence-corrected chi connectivity index (χ4v) is 5.19. The summed E-state index contributed by atoms with van der Waals surface area (Å²) in [7, 11) is 1.47. The third-order valence-corrected chi connectivity index (χ3v) is 6.46. The van der Waals surface area contributed by atoms with Crippen LogP contribution in [0.15, 0.2) is 40.9 Å². The lowest BCUT2D eigenvalue weighted by atomic mass is 9.65. The fourth-order valence-electron chi connectivity index (χ4n) is 5.19. The van der Waals surface area contributed by atoms with Crippen LogP contribution in [0.2, 0.25) is 0 Å². The summed E-state index contributed by atoms with van der Waals surface area (Å²) in [6.45, 7) is 7.54. The van der Waals surface area contributed by atoms with E-state index in [4.69, 9.17) is 14.2 Å². The van der Waals surface area contributed by atoms with Crippen molar-refractivity contribution in [3.8, 4) is 11.5 Å². The molecule has 1 aromatic carbocycles. The van der Waals surface area contributed by atoms with Crippen molar-refractivity contribution in [1.82, 2.24) is 0 Å².